The summed E-state index contributed by atoms with van der Waals surface area (Å²) in [6, 6.07) is 6.64. The smallest absolute Gasteiger partial charge is 0.251 e. The van der Waals surface area contributed by atoms with Crippen LogP contribution in [0.25, 0.3) is 0 Å². The fraction of sp³-hybridized carbons (Fsp3) is 0.429. The van der Waals surface area contributed by atoms with Gasteiger partial charge in [-0.2, -0.15) is 0 Å². The lowest BCUT2D eigenvalue weighted by molar-refractivity contribution is -0.129. The van der Waals surface area contributed by atoms with Gasteiger partial charge in [-0.05, 0) is 37.1 Å². The summed E-state index contributed by atoms with van der Waals surface area (Å²) in [6.07, 6.45) is 1.36. The molecular formula is C14H17ClN2O3. The van der Waals surface area contributed by atoms with Crippen molar-refractivity contribution in [2.75, 3.05) is 19.7 Å². The van der Waals surface area contributed by atoms with Crippen molar-refractivity contribution >= 4 is 23.4 Å². The van der Waals surface area contributed by atoms with Gasteiger partial charge in [0.2, 0.25) is 5.91 Å². The van der Waals surface area contributed by atoms with E-state index in [1.165, 1.54) is 0 Å². The van der Waals surface area contributed by atoms with Gasteiger partial charge in [0.25, 0.3) is 5.91 Å². The van der Waals surface area contributed by atoms with Crippen LogP contribution >= 0.6 is 11.6 Å². The molecule has 108 valence electrons. The van der Waals surface area contributed by atoms with Crippen LogP contribution in [-0.4, -0.2) is 37.6 Å². The Morgan fingerprint density at radius 1 is 1.20 bits per heavy atom. The first-order valence-electron chi connectivity index (χ1n) is 6.60. The molecule has 1 fully saturated rings. The summed E-state index contributed by atoms with van der Waals surface area (Å²) < 4.78 is 5.26. The van der Waals surface area contributed by atoms with Gasteiger partial charge in [0, 0.05) is 30.3 Å². The standard InChI is InChI=1S/C14H17ClN2O3/c15-11-5-3-10(4-6-11)13(18)16-7-8-17-14(19)12-2-1-9-20-12/h3-6,12H,1-2,7-9H2,(H,16,18)(H,17,19)/t12-/m0/s1. The predicted octanol–water partition coefficient (Wildman–Crippen LogP) is 1.37. The molecule has 1 heterocycles. The molecular weight excluding hydrogens is 280 g/mol. The first-order chi connectivity index (χ1) is 9.66. The predicted molar refractivity (Wildman–Crippen MR) is 75.8 cm³/mol. The van der Waals surface area contributed by atoms with Gasteiger partial charge >= 0.3 is 0 Å². The number of hydrogen-bond acceptors (Lipinski definition) is 3. The molecule has 1 aliphatic rings. The average molecular weight is 297 g/mol. The molecule has 0 bridgehead atoms. The molecule has 1 saturated heterocycles. The van der Waals surface area contributed by atoms with E-state index in [1.807, 2.05) is 0 Å². The number of ether oxygens (including phenoxy) is 1. The number of rotatable bonds is 5. The molecule has 5 nitrogen and oxygen atoms in total. The third kappa shape index (κ3) is 4.21. The van der Waals surface area contributed by atoms with Crippen LogP contribution < -0.4 is 10.6 Å². The van der Waals surface area contributed by atoms with Gasteiger partial charge < -0.3 is 15.4 Å². The molecule has 6 heteroatoms. The maximum Gasteiger partial charge on any atom is 0.251 e. The first-order valence-corrected chi connectivity index (χ1v) is 6.97. The Hall–Kier alpha value is -1.59. The molecule has 2 N–H and O–H groups in total. The van der Waals surface area contributed by atoms with E-state index in [2.05, 4.69) is 10.6 Å². The number of halogens is 1. The third-order valence-electron chi connectivity index (χ3n) is 3.04. The van der Waals surface area contributed by atoms with Crippen molar-refractivity contribution in [3.8, 4) is 0 Å². The Kier molecular flexibility index (Phi) is 5.38. The minimum Gasteiger partial charge on any atom is -0.368 e. The molecule has 0 aliphatic carbocycles. The zero-order chi connectivity index (χ0) is 14.4. The summed E-state index contributed by atoms with van der Waals surface area (Å²) in [7, 11) is 0. The monoisotopic (exact) mass is 296 g/mol. The van der Waals surface area contributed by atoms with Crippen molar-refractivity contribution in [1.29, 1.82) is 0 Å². The highest BCUT2D eigenvalue weighted by atomic mass is 35.5. The Labute approximate surface area is 122 Å². The molecule has 0 aromatic heterocycles. The molecule has 0 unspecified atom stereocenters. The van der Waals surface area contributed by atoms with E-state index in [1.54, 1.807) is 24.3 Å². The van der Waals surface area contributed by atoms with Gasteiger partial charge in [0.1, 0.15) is 6.10 Å². The summed E-state index contributed by atoms with van der Waals surface area (Å²) in [4.78, 5) is 23.4. The highest BCUT2D eigenvalue weighted by Crippen LogP contribution is 2.11. The fourth-order valence-corrected chi connectivity index (χ4v) is 2.09. The summed E-state index contributed by atoms with van der Waals surface area (Å²) in [5.41, 5.74) is 0.542. The third-order valence-corrected chi connectivity index (χ3v) is 3.29. The lowest BCUT2D eigenvalue weighted by atomic mass is 10.2. The Bertz CT molecular complexity index is 470. The highest BCUT2D eigenvalue weighted by molar-refractivity contribution is 6.30. The summed E-state index contributed by atoms with van der Waals surface area (Å²) in [6.45, 7) is 1.41. The van der Waals surface area contributed by atoms with Crippen molar-refractivity contribution < 1.29 is 14.3 Å². The lowest BCUT2D eigenvalue weighted by Gasteiger charge is -2.10. The summed E-state index contributed by atoms with van der Waals surface area (Å²) in [5, 5.41) is 6.06. The van der Waals surface area contributed by atoms with Crippen LogP contribution in [0, 0.1) is 0 Å². The second-order valence-electron chi connectivity index (χ2n) is 4.56. The van der Waals surface area contributed by atoms with Crippen molar-refractivity contribution in [2.24, 2.45) is 0 Å². The first kappa shape index (κ1) is 14.8. The second kappa shape index (κ2) is 7.26. The minimum atomic E-state index is -0.332. The molecule has 1 aromatic carbocycles. The second-order valence-corrected chi connectivity index (χ2v) is 4.99. The van der Waals surface area contributed by atoms with E-state index in [-0.39, 0.29) is 17.9 Å². The van der Waals surface area contributed by atoms with Crippen molar-refractivity contribution in [3.05, 3.63) is 34.9 Å². The largest absolute Gasteiger partial charge is 0.368 e. The van der Waals surface area contributed by atoms with Crippen LogP contribution in [0.3, 0.4) is 0 Å². The SMILES string of the molecule is O=C(NCCNC(=O)[C@@H]1CCCO1)c1ccc(Cl)cc1. The van der Waals surface area contributed by atoms with Gasteiger partial charge in [0.15, 0.2) is 0 Å². The summed E-state index contributed by atoms with van der Waals surface area (Å²) in [5.74, 6) is -0.295. The van der Waals surface area contributed by atoms with E-state index in [0.717, 1.165) is 12.8 Å². The van der Waals surface area contributed by atoms with E-state index in [4.69, 9.17) is 16.3 Å². The molecule has 0 spiro atoms. The molecule has 0 radical (unpaired) electrons. The van der Waals surface area contributed by atoms with Crippen LogP contribution in [0.1, 0.15) is 23.2 Å². The van der Waals surface area contributed by atoms with Gasteiger partial charge in [-0.15, -0.1) is 0 Å². The molecule has 20 heavy (non-hydrogen) atoms. The van der Waals surface area contributed by atoms with Gasteiger partial charge in [0.05, 0.1) is 0 Å². The fourth-order valence-electron chi connectivity index (χ4n) is 1.96. The number of carbonyl (C=O) groups excluding carboxylic acids is 2. The minimum absolute atomic E-state index is 0.108. The van der Waals surface area contributed by atoms with Gasteiger partial charge in [-0.1, -0.05) is 11.6 Å². The quantitative estimate of drug-likeness (QED) is 0.806. The van der Waals surface area contributed by atoms with E-state index >= 15 is 0 Å². The zero-order valence-corrected chi connectivity index (χ0v) is 11.8. The maximum atomic E-state index is 11.8. The maximum absolute atomic E-state index is 11.8. The lowest BCUT2D eigenvalue weighted by Crippen LogP contribution is -2.39. The molecule has 1 atom stereocenters. The number of carbonyl (C=O) groups is 2. The highest BCUT2D eigenvalue weighted by Gasteiger charge is 2.22. The molecule has 2 amide bonds. The number of benzene rings is 1. The van der Waals surface area contributed by atoms with E-state index in [9.17, 15) is 9.59 Å². The zero-order valence-electron chi connectivity index (χ0n) is 11.0. The Morgan fingerprint density at radius 3 is 2.55 bits per heavy atom. The van der Waals surface area contributed by atoms with Crippen LogP contribution in [-0.2, 0) is 9.53 Å². The van der Waals surface area contributed by atoms with Crippen LogP contribution in [0.4, 0.5) is 0 Å². The number of hydrogen-bond donors (Lipinski definition) is 2. The van der Waals surface area contributed by atoms with E-state index in [0.29, 0.717) is 30.3 Å². The molecule has 1 aromatic rings. The van der Waals surface area contributed by atoms with Crippen molar-refractivity contribution in [2.45, 2.75) is 18.9 Å². The van der Waals surface area contributed by atoms with Crippen LogP contribution in [0.5, 0.6) is 0 Å². The molecule has 0 saturated carbocycles. The van der Waals surface area contributed by atoms with Gasteiger partial charge in [-0.3, -0.25) is 9.59 Å². The average Bonchev–Trinajstić information content (AvgIpc) is 2.98. The van der Waals surface area contributed by atoms with E-state index < -0.39 is 0 Å². The van der Waals surface area contributed by atoms with Crippen LogP contribution in [0.2, 0.25) is 5.02 Å². The number of nitrogens with one attached hydrogen (secondary N) is 2. The van der Waals surface area contributed by atoms with Crippen molar-refractivity contribution in [1.82, 2.24) is 10.6 Å². The molecule has 2 rings (SSSR count). The normalized spacial score (nSPS) is 17.8. The van der Waals surface area contributed by atoms with Gasteiger partial charge in [-0.25, -0.2) is 0 Å². The molecule has 1 aliphatic heterocycles. The van der Waals surface area contributed by atoms with Crippen LogP contribution in [0.15, 0.2) is 24.3 Å². The number of amides is 2. The summed E-state index contributed by atoms with van der Waals surface area (Å²) >= 11 is 5.75. The Balaban J connectivity index is 1.66. The topological polar surface area (TPSA) is 67.4 Å². The van der Waals surface area contributed by atoms with Crippen molar-refractivity contribution in [3.63, 3.8) is 0 Å². The Morgan fingerprint density at radius 2 is 1.90 bits per heavy atom.